The minimum absolute atomic E-state index is 0.0943. The van der Waals surface area contributed by atoms with E-state index in [1.165, 1.54) is 0 Å². The van der Waals surface area contributed by atoms with Crippen molar-refractivity contribution < 1.29 is 14.1 Å². The molecule has 1 unspecified atom stereocenters. The number of benzene rings is 1. The van der Waals surface area contributed by atoms with Crippen LogP contribution in [0.4, 0.5) is 0 Å². The third-order valence-corrected chi connectivity index (χ3v) is 2.92. The van der Waals surface area contributed by atoms with Gasteiger partial charge in [0.25, 0.3) is 0 Å². The van der Waals surface area contributed by atoms with Crippen molar-refractivity contribution in [3.8, 4) is 0 Å². The molecule has 0 bridgehead atoms. The van der Waals surface area contributed by atoms with Crippen LogP contribution in [0.5, 0.6) is 0 Å². The number of carbonyl (C=O) groups is 1. The minimum Gasteiger partial charge on any atom is -0.436 e. The number of hydrogen-bond donors (Lipinski definition) is 0. The average molecular weight is 218 g/mol. The van der Waals surface area contributed by atoms with E-state index < -0.39 is 0 Å². The highest BCUT2D eigenvalue weighted by atomic mass is 16.5. The lowest BCUT2D eigenvalue weighted by Gasteiger charge is -2.08. The molecule has 0 heterocycles. The van der Waals surface area contributed by atoms with Gasteiger partial charge in [-0.15, -0.1) is 0 Å². The summed E-state index contributed by atoms with van der Waals surface area (Å²) < 4.78 is 7.53. The Hall–Kier alpha value is -1.64. The van der Waals surface area contributed by atoms with Crippen LogP contribution in [-0.2, 0) is 11.2 Å². The molecule has 0 saturated heterocycles. The zero-order valence-electron chi connectivity index (χ0n) is 9.86. The molecule has 0 fully saturated rings. The summed E-state index contributed by atoms with van der Waals surface area (Å²) in [5.74, 6) is 0.864. The van der Waals surface area contributed by atoms with Crippen molar-refractivity contribution in [2.45, 2.75) is 19.4 Å². The Labute approximate surface area is 95.4 Å². The zero-order valence-corrected chi connectivity index (χ0v) is 9.86. The smallest absolute Gasteiger partial charge is 0.333 e. The fraction of sp³-hybridized carbons (Fsp3) is 0.385. The molecule has 1 aromatic rings. The van der Waals surface area contributed by atoms with Gasteiger partial charge in [-0.05, 0) is 5.56 Å². The molecule has 1 aliphatic carbocycles. The Morgan fingerprint density at radius 1 is 1.38 bits per heavy atom. The second-order valence-electron chi connectivity index (χ2n) is 4.25. The maximum atomic E-state index is 12.0. The molecule has 1 atom stereocenters. The SMILES string of the molecule is CC(OC1Cc2ccccc2C1=O)=[N+](C)C. The normalized spacial score (nSPS) is 18.2. The van der Waals surface area contributed by atoms with Crippen LogP contribution in [-0.4, -0.2) is 36.5 Å². The molecule has 0 amide bonds. The zero-order chi connectivity index (χ0) is 11.7. The Morgan fingerprint density at radius 2 is 2.06 bits per heavy atom. The summed E-state index contributed by atoms with van der Waals surface area (Å²) in [5.41, 5.74) is 1.89. The summed E-state index contributed by atoms with van der Waals surface area (Å²) in [6.07, 6.45) is 0.333. The van der Waals surface area contributed by atoms with Gasteiger partial charge < -0.3 is 4.74 Å². The van der Waals surface area contributed by atoms with Crippen LogP contribution in [0.2, 0.25) is 0 Å². The maximum absolute atomic E-state index is 12.0. The van der Waals surface area contributed by atoms with E-state index in [4.69, 9.17) is 4.74 Å². The van der Waals surface area contributed by atoms with Crippen molar-refractivity contribution in [1.29, 1.82) is 0 Å². The number of ketones is 1. The second-order valence-corrected chi connectivity index (χ2v) is 4.25. The number of fused-ring (bicyclic) bond motifs is 1. The summed E-state index contributed by atoms with van der Waals surface area (Å²) in [4.78, 5) is 12.0. The van der Waals surface area contributed by atoms with Gasteiger partial charge in [-0.1, -0.05) is 24.3 Å². The van der Waals surface area contributed by atoms with Gasteiger partial charge in [0.2, 0.25) is 5.78 Å². The van der Waals surface area contributed by atoms with E-state index in [0.717, 1.165) is 17.0 Å². The fourth-order valence-corrected chi connectivity index (χ4v) is 1.81. The first kappa shape index (κ1) is 10.9. The number of nitrogens with zero attached hydrogens (tertiary/aromatic N) is 1. The standard InChI is InChI=1S/C13H16NO2/c1-9(14(2)3)16-12-8-10-6-4-5-7-11(10)13(12)15/h4-7,12H,8H2,1-3H3/q+1. The molecule has 16 heavy (non-hydrogen) atoms. The van der Waals surface area contributed by atoms with Crippen LogP contribution in [0.25, 0.3) is 0 Å². The van der Waals surface area contributed by atoms with Gasteiger partial charge in [0, 0.05) is 12.0 Å². The van der Waals surface area contributed by atoms with Crippen LogP contribution in [0.3, 0.4) is 0 Å². The van der Waals surface area contributed by atoms with Crippen LogP contribution < -0.4 is 0 Å². The number of rotatable bonds is 1. The molecule has 2 rings (SSSR count). The van der Waals surface area contributed by atoms with Crippen LogP contribution in [0.15, 0.2) is 24.3 Å². The second kappa shape index (κ2) is 4.08. The summed E-state index contributed by atoms with van der Waals surface area (Å²) in [5, 5.41) is 0. The van der Waals surface area contributed by atoms with Gasteiger partial charge in [0.05, 0.1) is 6.92 Å². The summed E-state index contributed by atoms with van der Waals surface area (Å²) in [6.45, 7) is 1.87. The molecule has 0 saturated carbocycles. The maximum Gasteiger partial charge on any atom is 0.333 e. The fourth-order valence-electron chi connectivity index (χ4n) is 1.81. The predicted molar refractivity (Wildman–Crippen MR) is 62.1 cm³/mol. The molecule has 3 nitrogen and oxygen atoms in total. The van der Waals surface area contributed by atoms with E-state index in [2.05, 4.69) is 0 Å². The van der Waals surface area contributed by atoms with Crippen LogP contribution in [0.1, 0.15) is 22.8 Å². The highest BCUT2D eigenvalue weighted by Crippen LogP contribution is 2.23. The largest absolute Gasteiger partial charge is 0.436 e. The van der Waals surface area contributed by atoms with Crippen molar-refractivity contribution in [2.75, 3.05) is 14.1 Å². The molecule has 0 spiro atoms. The van der Waals surface area contributed by atoms with E-state index in [1.807, 2.05) is 49.9 Å². The van der Waals surface area contributed by atoms with E-state index in [-0.39, 0.29) is 11.9 Å². The first-order chi connectivity index (χ1) is 7.59. The van der Waals surface area contributed by atoms with E-state index >= 15 is 0 Å². The van der Waals surface area contributed by atoms with Gasteiger partial charge in [-0.3, -0.25) is 4.79 Å². The molecule has 1 aromatic carbocycles. The lowest BCUT2D eigenvalue weighted by atomic mass is 10.1. The number of carbonyl (C=O) groups excluding carboxylic acids is 1. The summed E-state index contributed by atoms with van der Waals surface area (Å²) in [6, 6.07) is 7.70. The molecule has 84 valence electrons. The molecule has 0 N–H and O–H groups in total. The van der Waals surface area contributed by atoms with Gasteiger partial charge in [-0.2, -0.15) is 0 Å². The van der Waals surface area contributed by atoms with E-state index in [9.17, 15) is 4.79 Å². The van der Waals surface area contributed by atoms with Crippen molar-refractivity contribution >= 4 is 11.7 Å². The Morgan fingerprint density at radius 3 is 2.69 bits per heavy atom. The summed E-state index contributed by atoms with van der Waals surface area (Å²) >= 11 is 0. The van der Waals surface area contributed by atoms with E-state index in [1.54, 1.807) is 0 Å². The minimum atomic E-state index is -0.347. The quantitative estimate of drug-likeness (QED) is 0.406. The van der Waals surface area contributed by atoms with Crippen LogP contribution in [0, 0.1) is 0 Å². The van der Waals surface area contributed by atoms with Crippen LogP contribution >= 0.6 is 0 Å². The predicted octanol–water partition coefficient (Wildman–Crippen LogP) is 1.50. The highest BCUT2D eigenvalue weighted by molar-refractivity contribution is 6.04. The first-order valence-electron chi connectivity index (χ1n) is 5.39. The van der Waals surface area contributed by atoms with Gasteiger partial charge in [-0.25, -0.2) is 4.58 Å². The monoisotopic (exact) mass is 218 g/mol. The number of ether oxygens (including phenoxy) is 1. The van der Waals surface area contributed by atoms with Crippen molar-refractivity contribution in [3.63, 3.8) is 0 Å². The molecular formula is C13H16NO2+. The molecular weight excluding hydrogens is 202 g/mol. The number of Topliss-reactive ketones (excluding diaryl/α,β-unsaturated/α-hetero) is 1. The average Bonchev–Trinajstić information content (AvgIpc) is 2.56. The molecule has 0 radical (unpaired) electrons. The molecule has 0 aromatic heterocycles. The van der Waals surface area contributed by atoms with E-state index in [0.29, 0.717) is 6.42 Å². The third-order valence-electron chi connectivity index (χ3n) is 2.92. The first-order valence-corrected chi connectivity index (χ1v) is 5.39. The lowest BCUT2D eigenvalue weighted by Crippen LogP contribution is -2.26. The van der Waals surface area contributed by atoms with Crippen molar-refractivity contribution in [2.24, 2.45) is 0 Å². The topological polar surface area (TPSA) is 29.3 Å². The highest BCUT2D eigenvalue weighted by Gasteiger charge is 2.32. The van der Waals surface area contributed by atoms with Gasteiger partial charge >= 0.3 is 5.90 Å². The third kappa shape index (κ3) is 1.85. The van der Waals surface area contributed by atoms with Gasteiger partial charge in [0.15, 0.2) is 6.10 Å². The van der Waals surface area contributed by atoms with Crippen molar-refractivity contribution in [3.05, 3.63) is 35.4 Å². The molecule has 0 aliphatic heterocycles. The Bertz CT molecular complexity index is 459. The summed E-state index contributed by atoms with van der Waals surface area (Å²) in [7, 11) is 3.81. The Kier molecular flexibility index (Phi) is 2.77. The number of hydrogen-bond acceptors (Lipinski definition) is 2. The molecule has 3 heteroatoms. The lowest BCUT2D eigenvalue weighted by molar-refractivity contribution is -0.475. The van der Waals surface area contributed by atoms with Crippen molar-refractivity contribution in [1.82, 2.24) is 0 Å². The van der Waals surface area contributed by atoms with Gasteiger partial charge in [0.1, 0.15) is 14.1 Å². The Balaban J connectivity index is 2.20. The molecule has 1 aliphatic rings.